The number of ether oxygens (including phenoxy) is 1. The summed E-state index contributed by atoms with van der Waals surface area (Å²) >= 11 is 0. The maximum Gasteiger partial charge on any atom is 0.255 e. The van der Waals surface area contributed by atoms with Gasteiger partial charge >= 0.3 is 0 Å². The molecule has 3 N–H and O–H groups in total. The second kappa shape index (κ2) is 5.83. The summed E-state index contributed by atoms with van der Waals surface area (Å²) in [6, 6.07) is 7.68. The SMILES string of the molecule is COc1ccc(C(=O)Nc2c(C)ccc(N)c2C)cc1F. The largest absolute Gasteiger partial charge is 0.494 e. The van der Waals surface area contributed by atoms with Gasteiger partial charge in [-0.2, -0.15) is 0 Å². The number of hydrogen-bond donors (Lipinski definition) is 2. The molecule has 0 radical (unpaired) electrons. The summed E-state index contributed by atoms with van der Waals surface area (Å²) in [6.45, 7) is 3.70. The highest BCUT2D eigenvalue weighted by molar-refractivity contribution is 6.05. The summed E-state index contributed by atoms with van der Waals surface area (Å²) in [7, 11) is 1.37. The number of nitrogens with two attached hydrogens (primary N) is 1. The Hall–Kier alpha value is -2.56. The van der Waals surface area contributed by atoms with Gasteiger partial charge in [0.15, 0.2) is 11.6 Å². The lowest BCUT2D eigenvalue weighted by Gasteiger charge is -2.13. The first kappa shape index (κ1) is 14.8. The van der Waals surface area contributed by atoms with E-state index < -0.39 is 11.7 Å². The summed E-state index contributed by atoms with van der Waals surface area (Å²) in [5, 5.41) is 2.77. The molecule has 0 aliphatic rings. The van der Waals surface area contributed by atoms with Gasteiger partial charge in [0.1, 0.15) is 0 Å². The molecule has 0 bridgehead atoms. The fourth-order valence-electron chi connectivity index (χ4n) is 2.05. The van der Waals surface area contributed by atoms with Crippen molar-refractivity contribution in [1.29, 1.82) is 0 Å². The number of methoxy groups -OCH3 is 1. The van der Waals surface area contributed by atoms with Gasteiger partial charge in [-0.1, -0.05) is 6.07 Å². The first-order chi connectivity index (χ1) is 9.93. The Balaban J connectivity index is 2.30. The van der Waals surface area contributed by atoms with E-state index in [1.807, 2.05) is 19.9 Å². The number of carbonyl (C=O) groups is 1. The van der Waals surface area contributed by atoms with Crippen molar-refractivity contribution in [2.45, 2.75) is 13.8 Å². The standard InChI is InChI=1S/C16H17FN2O2/c1-9-4-6-13(18)10(2)15(9)19-16(20)11-5-7-14(21-3)12(17)8-11/h4-8H,18H2,1-3H3,(H,19,20). The summed E-state index contributed by atoms with van der Waals surface area (Å²) in [5.74, 6) is -0.873. The molecule has 0 fully saturated rings. The lowest BCUT2D eigenvalue weighted by atomic mass is 10.1. The molecule has 0 heterocycles. The Kier molecular flexibility index (Phi) is 4.12. The first-order valence-electron chi connectivity index (χ1n) is 6.44. The Morgan fingerprint density at radius 3 is 2.57 bits per heavy atom. The predicted octanol–water partition coefficient (Wildman–Crippen LogP) is 3.29. The third kappa shape index (κ3) is 2.97. The molecule has 110 valence electrons. The van der Waals surface area contributed by atoms with Crippen LogP contribution in [0.1, 0.15) is 21.5 Å². The number of halogens is 1. The zero-order valence-corrected chi connectivity index (χ0v) is 12.2. The number of rotatable bonds is 3. The quantitative estimate of drug-likeness (QED) is 0.852. The molecule has 0 aliphatic carbocycles. The molecular formula is C16H17FN2O2. The van der Waals surface area contributed by atoms with Crippen molar-refractivity contribution in [3.05, 3.63) is 52.8 Å². The summed E-state index contributed by atoms with van der Waals surface area (Å²) < 4.78 is 18.5. The normalized spacial score (nSPS) is 10.3. The fraction of sp³-hybridized carbons (Fsp3) is 0.188. The highest BCUT2D eigenvalue weighted by Gasteiger charge is 2.13. The second-order valence-corrected chi connectivity index (χ2v) is 4.78. The lowest BCUT2D eigenvalue weighted by Crippen LogP contribution is -2.14. The fourth-order valence-corrected chi connectivity index (χ4v) is 2.05. The molecule has 0 aliphatic heterocycles. The van der Waals surface area contributed by atoms with Crippen LogP contribution in [0.3, 0.4) is 0 Å². The lowest BCUT2D eigenvalue weighted by molar-refractivity contribution is 0.102. The van der Waals surface area contributed by atoms with E-state index in [9.17, 15) is 9.18 Å². The van der Waals surface area contributed by atoms with Gasteiger partial charge in [0.05, 0.1) is 7.11 Å². The van der Waals surface area contributed by atoms with Crippen molar-refractivity contribution in [3.63, 3.8) is 0 Å². The zero-order chi connectivity index (χ0) is 15.6. The van der Waals surface area contributed by atoms with E-state index >= 15 is 0 Å². The molecule has 2 aromatic rings. The van der Waals surface area contributed by atoms with Crippen LogP contribution in [-0.4, -0.2) is 13.0 Å². The highest BCUT2D eigenvalue weighted by Crippen LogP contribution is 2.26. The van der Waals surface area contributed by atoms with Crippen LogP contribution in [0.15, 0.2) is 30.3 Å². The van der Waals surface area contributed by atoms with Gasteiger partial charge in [-0.25, -0.2) is 4.39 Å². The average Bonchev–Trinajstić information content (AvgIpc) is 2.47. The monoisotopic (exact) mass is 288 g/mol. The Labute approximate surface area is 122 Å². The predicted molar refractivity (Wildman–Crippen MR) is 81.2 cm³/mol. The van der Waals surface area contributed by atoms with E-state index in [1.54, 1.807) is 6.07 Å². The number of anilines is 2. The third-order valence-electron chi connectivity index (χ3n) is 3.37. The first-order valence-corrected chi connectivity index (χ1v) is 6.44. The van der Waals surface area contributed by atoms with E-state index in [1.165, 1.54) is 19.2 Å². The van der Waals surface area contributed by atoms with Crippen molar-refractivity contribution in [1.82, 2.24) is 0 Å². The molecule has 0 unspecified atom stereocenters. The van der Waals surface area contributed by atoms with Crippen LogP contribution >= 0.6 is 0 Å². The number of hydrogen-bond acceptors (Lipinski definition) is 3. The van der Waals surface area contributed by atoms with Crippen LogP contribution in [0.4, 0.5) is 15.8 Å². The minimum atomic E-state index is -0.578. The van der Waals surface area contributed by atoms with E-state index in [-0.39, 0.29) is 11.3 Å². The summed E-state index contributed by atoms with van der Waals surface area (Å²) in [5.41, 5.74) is 8.98. The number of aryl methyl sites for hydroxylation is 1. The van der Waals surface area contributed by atoms with Crippen molar-refractivity contribution in [3.8, 4) is 5.75 Å². The molecule has 2 aromatic carbocycles. The Bertz CT molecular complexity index is 699. The van der Waals surface area contributed by atoms with Gasteiger partial charge in [-0.05, 0) is 49.2 Å². The number of nitrogens with one attached hydrogen (secondary N) is 1. The van der Waals surface area contributed by atoms with Gasteiger partial charge in [0, 0.05) is 16.9 Å². The molecule has 1 amide bonds. The molecule has 0 saturated carbocycles. The van der Waals surface area contributed by atoms with Crippen LogP contribution in [0, 0.1) is 19.7 Å². The van der Waals surface area contributed by atoms with Gasteiger partial charge in [-0.3, -0.25) is 4.79 Å². The maximum atomic E-state index is 13.6. The van der Waals surface area contributed by atoms with Crippen LogP contribution in [0.5, 0.6) is 5.75 Å². The Morgan fingerprint density at radius 1 is 1.24 bits per heavy atom. The molecule has 21 heavy (non-hydrogen) atoms. The van der Waals surface area contributed by atoms with Crippen LogP contribution in [0.25, 0.3) is 0 Å². The Morgan fingerprint density at radius 2 is 1.95 bits per heavy atom. The molecule has 0 atom stereocenters. The molecule has 0 aromatic heterocycles. The average molecular weight is 288 g/mol. The van der Waals surface area contributed by atoms with Crippen LogP contribution in [-0.2, 0) is 0 Å². The zero-order valence-electron chi connectivity index (χ0n) is 12.2. The van der Waals surface area contributed by atoms with Crippen molar-refractivity contribution in [2.75, 3.05) is 18.2 Å². The van der Waals surface area contributed by atoms with Crippen LogP contribution in [0.2, 0.25) is 0 Å². The third-order valence-corrected chi connectivity index (χ3v) is 3.37. The van der Waals surface area contributed by atoms with Crippen molar-refractivity contribution >= 4 is 17.3 Å². The minimum Gasteiger partial charge on any atom is -0.494 e. The van der Waals surface area contributed by atoms with Gasteiger partial charge < -0.3 is 15.8 Å². The molecular weight excluding hydrogens is 271 g/mol. The second-order valence-electron chi connectivity index (χ2n) is 4.78. The van der Waals surface area contributed by atoms with E-state index in [0.717, 1.165) is 17.2 Å². The number of amides is 1. The maximum absolute atomic E-state index is 13.6. The van der Waals surface area contributed by atoms with E-state index in [0.29, 0.717) is 11.4 Å². The summed E-state index contributed by atoms with van der Waals surface area (Å²) in [6.07, 6.45) is 0. The summed E-state index contributed by atoms with van der Waals surface area (Å²) in [4.78, 5) is 12.2. The van der Waals surface area contributed by atoms with Gasteiger partial charge in [-0.15, -0.1) is 0 Å². The van der Waals surface area contributed by atoms with Gasteiger partial charge in [0.25, 0.3) is 5.91 Å². The molecule has 5 heteroatoms. The van der Waals surface area contributed by atoms with E-state index in [4.69, 9.17) is 10.5 Å². The van der Waals surface area contributed by atoms with Gasteiger partial charge in [0.2, 0.25) is 0 Å². The van der Waals surface area contributed by atoms with Crippen molar-refractivity contribution < 1.29 is 13.9 Å². The number of benzene rings is 2. The highest BCUT2D eigenvalue weighted by atomic mass is 19.1. The molecule has 2 rings (SSSR count). The molecule has 0 spiro atoms. The van der Waals surface area contributed by atoms with E-state index in [2.05, 4.69) is 5.32 Å². The topological polar surface area (TPSA) is 64.3 Å². The van der Waals surface area contributed by atoms with Crippen molar-refractivity contribution in [2.24, 2.45) is 0 Å². The molecule has 0 saturated heterocycles. The molecule has 4 nitrogen and oxygen atoms in total. The number of nitrogen functional groups attached to an aromatic ring is 1. The minimum absolute atomic E-state index is 0.0999. The smallest absolute Gasteiger partial charge is 0.255 e. The van der Waals surface area contributed by atoms with Crippen LogP contribution < -0.4 is 15.8 Å². The number of carbonyl (C=O) groups excluding carboxylic acids is 1.